The minimum atomic E-state index is -1.30. The maximum atomic E-state index is 15.5. The number of rotatable bonds is 9. The summed E-state index contributed by atoms with van der Waals surface area (Å²) in [6, 6.07) is 25.5. The molecule has 0 radical (unpaired) electrons. The molecular formula is C31H30FN5O4. The summed E-state index contributed by atoms with van der Waals surface area (Å²) < 4.78 is 41.0. The van der Waals surface area contributed by atoms with Crippen LogP contribution in [-0.4, -0.2) is 52.6 Å². The molecule has 2 aromatic heterocycles. The molecule has 0 bridgehead atoms. The molecule has 0 amide bonds. The summed E-state index contributed by atoms with van der Waals surface area (Å²) in [5.74, 6) is 1.68. The summed E-state index contributed by atoms with van der Waals surface area (Å²) in [5, 5.41) is 0. The first-order valence-electron chi connectivity index (χ1n) is 13.2. The second-order valence-corrected chi connectivity index (χ2v) is 9.80. The van der Waals surface area contributed by atoms with Crippen molar-refractivity contribution in [1.82, 2.24) is 19.5 Å². The first-order valence-corrected chi connectivity index (χ1v) is 13.2. The molecular weight excluding hydrogens is 525 g/mol. The topological polar surface area (TPSA) is 107 Å². The Bertz CT molecular complexity index is 1560. The lowest BCUT2D eigenvalue weighted by Crippen LogP contribution is -2.35. The van der Waals surface area contributed by atoms with Gasteiger partial charge in [-0.2, -0.15) is 0 Å². The maximum absolute atomic E-state index is 15.5. The van der Waals surface area contributed by atoms with Crippen molar-refractivity contribution < 1.29 is 23.3 Å². The summed E-state index contributed by atoms with van der Waals surface area (Å²) in [6.45, 7) is 0.119. The van der Waals surface area contributed by atoms with Gasteiger partial charge < -0.3 is 24.7 Å². The maximum Gasteiger partial charge on any atom is 0.168 e. The van der Waals surface area contributed by atoms with Gasteiger partial charge in [-0.1, -0.05) is 54.6 Å². The fraction of sp³-hybridized carbons (Fsp3) is 0.258. The predicted octanol–water partition coefficient (Wildman–Crippen LogP) is 5.06. The second-order valence-electron chi connectivity index (χ2n) is 9.80. The quantitative estimate of drug-likeness (QED) is 0.252. The fourth-order valence-corrected chi connectivity index (χ4v) is 5.40. The van der Waals surface area contributed by atoms with Gasteiger partial charge in [0.25, 0.3) is 0 Å². The van der Waals surface area contributed by atoms with Crippen molar-refractivity contribution in [2.75, 3.05) is 26.6 Å². The highest BCUT2D eigenvalue weighted by Gasteiger charge is 2.42. The molecule has 9 nitrogen and oxygen atoms in total. The van der Waals surface area contributed by atoms with Crippen LogP contribution in [0, 0.1) is 0 Å². The average molecular weight is 556 g/mol. The van der Waals surface area contributed by atoms with E-state index in [0.717, 1.165) is 28.2 Å². The highest BCUT2D eigenvalue weighted by atomic mass is 19.1. The molecule has 0 spiro atoms. The Balaban J connectivity index is 1.36. The zero-order valence-electron chi connectivity index (χ0n) is 22.7. The largest absolute Gasteiger partial charge is 0.497 e. The van der Waals surface area contributed by atoms with Crippen LogP contribution in [0.2, 0.25) is 0 Å². The third-order valence-electron chi connectivity index (χ3n) is 7.45. The number of halogens is 1. The van der Waals surface area contributed by atoms with Gasteiger partial charge in [-0.25, -0.2) is 19.3 Å². The first-order chi connectivity index (χ1) is 20.0. The highest BCUT2D eigenvalue weighted by molar-refractivity contribution is 5.81. The van der Waals surface area contributed by atoms with Gasteiger partial charge in [-0.3, -0.25) is 4.57 Å². The number of imidazole rings is 1. The van der Waals surface area contributed by atoms with Crippen LogP contribution in [0.1, 0.15) is 29.3 Å². The van der Waals surface area contributed by atoms with E-state index < -0.39 is 24.1 Å². The normalized spacial score (nSPS) is 19.0. The van der Waals surface area contributed by atoms with Gasteiger partial charge in [0.2, 0.25) is 0 Å². The Morgan fingerprint density at radius 2 is 1.49 bits per heavy atom. The third-order valence-corrected chi connectivity index (χ3v) is 7.45. The lowest BCUT2D eigenvalue weighted by atomic mass is 9.80. The zero-order valence-corrected chi connectivity index (χ0v) is 22.7. The zero-order chi connectivity index (χ0) is 28.4. The SMILES string of the molecule is COc1ccc(C(OC[C@@H]2C[C@@H](F)[C@H](n3cnc4c(N)ncnc43)O2)(c2ccccc2)c2ccc(OC)cc2)cc1. The number of benzene rings is 3. The van der Waals surface area contributed by atoms with E-state index in [0.29, 0.717) is 11.2 Å². The van der Waals surface area contributed by atoms with Gasteiger partial charge in [-0.15, -0.1) is 0 Å². The molecule has 1 fully saturated rings. The van der Waals surface area contributed by atoms with Crippen molar-refractivity contribution in [3.05, 3.63) is 108 Å². The molecule has 1 saturated heterocycles. The number of nitrogen functional groups attached to an aromatic ring is 1. The number of anilines is 1. The average Bonchev–Trinajstić information content (AvgIpc) is 3.62. The number of hydrogen-bond donors (Lipinski definition) is 1. The van der Waals surface area contributed by atoms with E-state index in [1.165, 1.54) is 12.7 Å². The molecule has 5 aromatic rings. The number of methoxy groups -OCH3 is 2. The lowest BCUT2D eigenvalue weighted by molar-refractivity contribution is -0.0804. The van der Waals surface area contributed by atoms with E-state index in [2.05, 4.69) is 15.0 Å². The molecule has 1 aliphatic rings. The molecule has 10 heteroatoms. The Hall–Kier alpha value is -4.54. The number of alkyl halides is 1. The Labute approximate surface area is 236 Å². The molecule has 0 aliphatic carbocycles. The number of nitrogens with zero attached hydrogens (tertiary/aromatic N) is 4. The van der Waals surface area contributed by atoms with Crippen LogP contribution in [0.4, 0.5) is 10.2 Å². The van der Waals surface area contributed by atoms with Crippen molar-refractivity contribution in [3.63, 3.8) is 0 Å². The van der Waals surface area contributed by atoms with Crippen LogP contribution in [0.3, 0.4) is 0 Å². The Morgan fingerprint density at radius 1 is 0.878 bits per heavy atom. The smallest absolute Gasteiger partial charge is 0.168 e. The second kappa shape index (κ2) is 11.1. The van der Waals surface area contributed by atoms with Crippen molar-refractivity contribution in [2.45, 2.75) is 30.5 Å². The number of nitrogens with two attached hydrogens (primary N) is 1. The van der Waals surface area contributed by atoms with Crippen LogP contribution < -0.4 is 15.2 Å². The monoisotopic (exact) mass is 555 g/mol. The molecule has 6 rings (SSSR count). The predicted molar refractivity (Wildman–Crippen MR) is 151 cm³/mol. The molecule has 210 valence electrons. The fourth-order valence-electron chi connectivity index (χ4n) is 5.40. The molecule has 3 aromatic carbocycles. The van der Waals surface area contributed by atoms with Crippen LogP contribution in [0.5, 0.6) is 11.5 Å². The van der Waals surface area contributed by atoms with Crippen LogP contribution in [0.25, 0.3) is 11.2 Å². The van der Waals surface area contributed by atoms with Crippen LogP contribution in [0.15, 0.2) is 91.5 Å². The van der Waals surface area contributed by atoms with E-state index in [4.69, 9.17) is 24.7 Å². The Morgan fingerprint density at radius 3 is 2.10 bits per heavy atom. The molecule has 3 atom stereocenters. The van der Waals surface area contributed by atoms with Crippen molar-refractivity contribution in [3.8, 4) is 11.5 Å². The number of hydrogen-bond acceptors (Lipinski definition) is 8. The summed E-state index contributed by atoms with van der Waals surface area (Å²) in [5.41, 5.74) is 8.40. The van der Waals surface area contributed by atoms with E-state index >= 15 is 4.39 Å². The molecule has 41 heavy (non-hydrogen) atoms. The summed E-state index contributed by atoms with van der Waals surface area (Å²) in [7, 11) is 3.26. The number of fused-ring (bicyclic) bond motifs is 1. The molecule has 3 heterocycles. The van der Waals surface area contributed by atoms with E-state index in [9.17, 15) is 0 Å². The van der Waals surface area contributed by atoms with Crippen molar-refractivity contribution >= 4 is 17.0 Å². The number of ether oxygens (including phenoxy) is 4. The van der Waals surface area contributed by atoms with Crippen molar-refractivity contribution in [1.29, 1.82) is 0 Å². The lowest BCUT2D eigenvalue weighted by Gasteiger charge is -2.37. The Kier molecular flexibility index (Phi) is 7.25. The molecule has 0 saturated carbocycles. The summed E-state index contributed by atoms with van der Waals surface area (Å²) in [4.78, 5) is 12.5. The molecule has 2 N–H and O–H groups in total. The summed E-state index contributed by atoms with van der Waals surface area (Å²) >= 11 is 0. The van der Waals surface area contributed by atoms with Crippen molar-refractivity contribution in [2.24, 2.45) is 0 Å². The minimum absolute atomic E-state index is 0.119. The standard InChI is InChI=1S/C31H30FN5O4/c1-38-23-12-8-21(9-13-23)31(20-6-4-3-5-7-20,22-10-14-24(39-2)15-11-22)40-17-25-16-26(32)30(41-25)37-19-36-27-28(33)34-18-35-29(27)37/h3-15,18-19,25-26,30H,16-17H2,1-2H3,(H2,33,34,35)/t25-,26+,30+/m0/s1. The minimum Gasteiger partial charge on any atom is -0.497 e. The van der Waals surface area contributed by atoms with Gasteiger partial charge in [0.05, 0.1) is 33.3 Å². The van der Waals surface area contributed by atoms with Gasteiger partial charge in [0, 0.05) is 6.42 Å². The summed E-state index contributed by atoms with van der Waals surface area (Å²) in [6.07, 6.45) is 0.198. The van der Waals surface area contributed by atoms with E-state index in [1.54, 1.807) is 18.8 Å². The number of aromatic nitrogens is 4. The highest BCUT2D eigenvalue weighted by Crippen LogP contribution is 2.43. The third kappa shape index (κ3) is 4.85. The molecule has 0 unspecified atom stereocenters. The van der Waals surface area contributed by atoms with Gasteiger partial charge in [0.15, 0.2) is 17.7 Å². The van der Waals surface area contributed by atoms with E-state index in [-0.39, 0.29) is 18.8 Å². The molecule has 1 aliphatic heterocycles. The van der Waals surface area contributed by atoms with Crippen LogP contribution >= 0.6 is 0 Å². The van der Waals surface area contributed by atoms with Gasteiger partial charge >= 0.3 is 0 Å². The first kappa shape index (κ1) is 26.7. The van der Waals surface area contributed by atoms with Crippen LogP contribution in [-0.2, 0) is 15.1 Å². The van der Waals surface area contributed by atoms with Gasteiger partial charge in [-0.05, 0) is 41.0 Å². The van der Waals surface area contributed by atoms with E-state index in [1.807, 2.05) is 78.9 Å². The van der Waals surface area contributed by atoms with Gasteiger partial charge in [0.1, 0.15) is 35.1 Å².